The van der Waals surface area contributed by atoms with Crippen molar-refractivity contribution in [1.82, 2.24) is 10.3 Å². The minimum Gasteiger partial charge on any atom is -0.383 e. The van der Waals surface area contributed by atoms with Crippen LogP contribution >= 0.6 is 0 Å². The van der Waals surface area contributed by atoms with Crippen molar-refractivity contribution in [2.45, 2.75) is 46.2 Å². The van der Waals surface area contributed by atoms with Gasteiger partial charge in [-0.25, -0.2) is 4.98 Å². The fraction of sp³-hybridized carbons (Fsp3) is 0.688. The predicted molar refractivity (Wildman–Crippen MR) is 85.4 cm³/mol. The molecule has 114 valence electrons. The quantitative estimate of drug-likeness (QED) is 0.754. The van der Waals surface area contributed by atoms with Gasteiger partial charge in [-0.2, -0.15) is 0 Å². The average Bonchev–Trinajstić information content (AvgIpc) is 2.39. The maximum atomic E-state index is 5.22. The van der Waals surface area contributed by atoms with Crippen molar-refractivity contribution in [2.24, 2.45) is 0 Å². The van der Waals surface area contributed by atoms with Gasteiger partial charge in [0, 0.05) is 31.9 Å². The number of aromatic nitrogens is 1. The van der Waals surface area contributed by atoms with E-state index in [1.165, 1.54) is 11.3 Å². The van der Waals surface area contributed by atoms with Crippen molar-refractivity contribution in [3.05, 3.63) is 23.4 Å². The van der Waals surface area contributed by atoms with E-state index >= 15 is 0 Å². The number of anilines is 1. The second kappa shape index (κ2) is 8.93. The summed E-state index contributed by atoms with van der Waals surface area (Å²) in [6.45, 7) is 9.05. The summed E-state index contributed by atoms with van der Waals surface area (Å²) in [5.41, 5.74) is 2.47. The third-order valence-electron chi connectivity index (χ3n) is 3.27. The van der Waals surface area contributed by atoms with Gasteiger partial charge in [-0.15, -0.1) is 0 Å². The first-order valence-corrected chi connectivity index (χ1v) is 7.52. The smallest absolute Gasteiger partial charge is 0.129 e. The van der Waals surface area contributed by atoms with Crippen LogP contribution in [0.25, 0.3) is 0 Å². The highest BCUT2D eigenvalue weighted by atomic mass is 16.5. The standard InChI is InChI=1S/C16H29N3O/c1-6-7-15-10-14(12-17-4)11-16(18-15)19(13(2)3)8-9-20-5/h10-11,13,17H,6-9,12H2,1-5H3. The molecule has 0 fully saturated rings. The van der Waals surface area contributed by atoms with Crippen LogP contribution in [0.15, 0.2) is 12.1 Å². The van der Waals surface area contributed by atoms with Crippen LogP contribution in [0, 0.1) is 0 Å². The molecule has 4 nitrogen and oxygen atoms in total. The Kier molecular flexibility index (Phi) is 7.55. The maximum absolute atomic E-state index is 5.22. The van der Waals surface area contributed by atoms with E-state index in [-0.39, 0.29) is 0 Å². The number of rotatable bonds is 9. The fourth-order valence-electron chi connectivity index (χ4n) is 2.30. The molecule has 0 atom stereocenters. The lowest BCUT2D eigenvalue weighted by molar-refractivity contribution is 0.203. The topological polar surface area (TPSA) is 37.4 Å². The summed E-state index contributed by atoms with van der Waals surface area (Å²) in [4.78, 5) is 7.13. The van der Waals surface area contributed by atoms with Gasteiger partial charge in [-0.3, -0.25) is 0 Å². The van der Waals surface area contributed by atoms with Crippen molar-refractivity contribution in [3.8, 4) is 0 Å². The summed E-state index contributed by atoms with van der Waals surface area (Å²) in [6, 6.07) is 4.81. The number of ether oxygens (including phenoxy) is 1. The monoisotopic (exact) mass is 279 g/mol. The largest absolute Gasteiger partial charge is 0.383 e. The second-order valence-electron chi connectivity index (χ2n) is 5.39. The third-order valence-corrected chi connectivity index (χ3v) is 3.27. The summed E-state index contributed by atoms with van der Waals surface area (Å²) < 4.78 is 5.22. The number of nitrogens with one attached hydrogen (secondary N) is 1. The minimum atomic E-state index is 0.414. The lowest BCUT2D eigenvalue weighted by atomic mass is 10.1. The van der Waals surface area contributed by atoms with Gasteiger partial charge in [-0.05, 0) is 45.0 Å². The van der Waals surface area contributed by atoms with Crippen LogP contribution < -0.4 is 10.2 Å². The van der Waals surface area contributed by atoms with E-state index in [0.29, 0.717) is 6.04 Å². The van der Waals surface area contributed by atoms with Crippen LogP contribution in [-0.4, -0.2) is 38.3 Å². The number of aryl methyl sites for hydroxylation is 1. The Balaban J connectivity index is 3.04. The molecular formula is C16H29N3O. The molecule has 0 radical (unpaired) electrons. The molecular weight excluding hydrogens is 250 g/mol. The van der Waals surface area contributed by atoms with Crippen molar-refractivity contribution in [3.63, 3.8) is 0 Å². The minimum absolute atomic E-state index is 0.414. The molecule has 0 saturated heterocycles. The van der Waals surface area contributed by atoms with Gasteiger partial charge < -0.3 is 15.0 Å². The van der Waals surface area contributed by atoms with E-state index in [0.717, 1.165) is 38.4 Å². The van der Waals surface area contributed by atoms with Crippen LogP contribution in [0.2, 0.25) is 0 Å². The van der Waals surface area contributed by atoms with E-state index in [2.05, 4.69) is 43.1 Å². The third kappa shape index (κ3) is 5.10. The lowest BCUT2D eigenvalue weighted by Gasteiger charge is -2.28. The van der Waals surface area contributed by atoms with Crippen molar-refractivity contribution >= 4 is 5.82 Å². The number of pyridine rings is 1. The Morgan fingerprint density at radius 2 is 2.10 bits per heavy atom. The van der Waals surface area contributed by atoms with E-state index in [4.69, 9.17) is 9.72 Å². The summed E-state index contributed by atoms with van der Waals surface area (Å²) in [5, 5.41) is 3.22. The summed E-state index contributed by atoms with van der Waals surface area (Å²) in [7, 11) is 3.72. The molecule has 0 aliphatic carbocycles. The Morgan fingerprint density at radius 1 is 1.35 bits per heavy atom. The molecule has 0 bridgehead atoms. The second-order valence-corrected chi connectivity index (χ2v) is 5.39. The highest BCUT2D eigenvalue weighted by Gasteiger charge is 2.13. The van der Waals surface area contributed by atoms with Gasteiger partial charge in [0.25, 0.3) is 0 Å². The molecule has 0 aliphatic rings. The van der Waals surface area contributed by atoms with Crippen LogP contribution in [-0.2, 0) is 17.7 Å². The number of nitrogens with zero attached hydrogens (tertiary/aromatic N) is 2. The number of hydrogen-bond acceptors (Lipinski definition) is 4. The van der Waals surface area contributed by atoms with Gasteiger partial charge >= 0.3 is 0 Å². The van der Waals surface area contributed by atoms with Gasteiger partial charge in [0.05, 0.1) is 6.61 Å². The maximum Gasteiger partial charge on any atom is 0.129 e. The Labute approximate surface area is 123 Å². The van der Waals surface area contributed by atoms with E-state index in [1.807, 2.05) is 7.05 Å². The molecule has 0 aliphatic heterocycles. The molecule has 1 N–H and O–H groups in total. The first-order chi connectivity index (χ1) is 9.62. The van der Waals surface area contributed by atoms with Crippen LogP contribution in [0.4, 0.5) is 5.82 Å². The van der Waals surface area contributed by atoms with Crippen LogP contribution in [0.1, 0.15) is 38.4 Å². The lowest BCUT2D eigenvalue weighted by Crippen LogP contribution is -2.34. The van der Waals surface area contributed by atoms with E-state index in [9.17, 15) is 0 Å². The first kappa shape index (κ1) is 16.9. The molecule has 1 aromatic heterocycles. The zero-order valence-electron chi connectivity index (χ0n) is 13.6. The van der Waals surface area contributed by atoms with E-state index < -0.39 is 0 Å². The molecule has 20 heavy (non-hydrogen) atoms. The molecule has 0 spiro atoms. The molecule has 0 aromatic carbocycles. The number of methoxy groups -OCH3 is 1. The van der Waals surface area contributed by atoms with Crippen molar-refractivity contribution in [1.29, 1.82) is 0 Å². The Morgan fingerprint density at radius 3 is 2.65 bits per heavy atom. The van der Waals surface area contributed by atoms with Crippen LogP contribution in [0.5, 0.6) is 0 Å². The Bertz CT molecular complexity index is 369. The highest BCUT2D eigenvalue weighted by Crippen LogP contribution is 2.18. The van der Waals surface area contributed by atoms with Gasteiger partial charge in [-0.1, -0.05) is 13.3 Å². The van der Waals surface area contributed by atoms with Crippen LogP contribution in [0.3, 0.4) is 0 Å². The molecule has 1 heterocycles. The molecule has 1 aromatic rings. The highest BCUT2D eigenvalue weighted by molar-refractivity contribution is 5.43. The summed E-state index contributed by atoms with van der Waals surface area (Å²) in [6.07, 6.45) is 2.15. The van der Waals surface area contributed by atoms with Crippen molar-refractivity contribution < 1.29 is 4.74 Å². The molecule has 0 unspecified atom stereocenters. The molecule has 4 heteroatoms. The average molecular weight is 279 g/mol. The normalized spacial score (nSPS) is 11.1. The summed E-state index contributed by atoms with van der Waals surface area (Å²) in [5.74, 6) is 1.06. The van der Waals surface area contributed by atoms with Gasteiger partial charge in [0.1, 0.15) is 5.82 Å². The van der Waals surface area contributed by atoms with Gasteiger partial charge in [0.2, 0.25) is 0 Å². The predicted octanol–water partition coefficient (Wildman–Crippen LogP) is 2.61. The zero-order chi connectivity index (χ0) is 15.0. The zero-order valence-corrected chi connectivity index (χ0v) is 13.6. The van der Waals surface area contributed by atoms with Crippen molar-refractivity contribution in [2.75, 3.05) is 32.2 Å². The Hall–Kier alpha value is -1.13. The number of hydrogen-bond donors (Lipinski definition) is 1. The SMILES string of the molecule is CCCc1cc(CNC)cc(N(CCOC)C(C)C)n1. The first-order valence-electron chi connectivity index (χ1n) is 7.52. The molecule has 0 amide bonds. The molecule has 1 rings (SSSR count). The van der Waals surface area contributed by atoms with E-state index in [1.54, 1.807) is 7.11 Å². The summed E-state index contributed by atoms with van der Waals surface area (Å²) >= 11 is 0. The van der Waals surface area contributed by atoms with Gasteiger partial charge in [0.15, 0.2) is 0 Å². The fourth-order valence-corrected chi connectivity index (χ4v) is 2.30. The molecule has 0 saturated carbocycles.